The Kier molecular flexibility index (Phi) is 4.52. The van der Waals surface area contributed by atoms with Crippen LogP contribution in [0.15, 0.2) is 18.2 Å². The molecule has 3 atom stereocenters. The normalized spacial score (nSPS) is 24.0. The van der Waals surface area contributed by atoms with E-state index in [2.05, 4.69) is 5.32 Å². The Balaban J connectivity index is 2.43. The van der Waals surface area contributed by atoms with E-state index in [0.29, 0.717) is 5.69 Å². The lowest BCUT2D eigenvalue weighted by molar-refractivity contribution is -0.134. The van der Waals surface area contributed by atoms with Crippen LogP contribution in [0, 0.1) is 11.7 Å². The van der Waals surface area contributed by atoms with Crippen molar-refractivity contribution in [2.75, 3.05) is 4.90 Å². The van der Waals surface area contributed by atoms with Gasteiger partial charge in [-0.1, -0.05) is 31.9 Å². The molecule has 1 aromatic rings. The molecule has 0 radical (unpaired) electrons. The second kappa shape index (κ2) is 6.02. The molecule has 2 rings (SSSR count). The first-order valence-electron chi connectivity index (χ1n) is 6.95. The summed E-state index contributed by atoms with van der Waals surface area (Å²) in [6.45, 7) is 5.49. The fourth-order valence-electron chi connectivity index (χ4n) is 2.42. The van der Waals surface area contributed by atoms with Gasteiger partial charge in [0.2, 0.25) is 5.91 Å². The van der Waals surface area contributed by atoms with Gasteiger partial charge in [-0.25, -0.2) is 4.39 Å². The minimum absolute atomic E-state index is 0.00988. The van der Waals surface area contributed by atoms with Crippen LogP contribution in [0.3, 0.4) is 0 Å². The Morgan fingerprint density at radius 3 is 2.67 bits per heavy atom. The number of benzene rings is 1. The highest BCUT2D eigenvalue weighted by Crippen LogP contribution is 2.31. The molecule has 6 heteroatoms. The Labute approximate surface area is 128 Å². The number of nitrogens with one attached hydrogen (secondary N) is 1. The molecular formula is C15H18ClFN2O2. The van der Waals surface area contributed by atoms with E-state index < -0.39 is 17.9 Å². The first-order valence-corrected chi connectivity index (χ1v) is 7.33. The predicted molar refractivity (Wildman–Crippen MR) is 79.7 cm³/mol. The molecule has 1 heterocycles. The van der Waals surface area contributed by atoms with Crippen molar-refractivity contribution in [2.45, 2.75) is 39.3 Å². The number of piperazine rings is 1. The van der Waals surface area contributed by atoms with Gasteiger partial charge in [-0.15, -0.1) is 0 Å². The van der Waals surface area contributed by atoms with Gasteiger partial charge in [0.05, 0.1) is 10.7 Å². The van der Waals surface area contributed by atoms with Crippen LogP contribution in [0.25, 0.3) is 0 Å². The van der Waals surface area contributed by atoms with Crippen LogP contribution in [0.5, 0.6) is 0 Å². The minimum atomic E-state index is -0.680. The summed E-state index contributed by atoms with van der Waals surface area (Å²) < 4.78 is 13.2. The lowest BCUT2D eigenvalue weighted by atomic mass is 9.94. The van der Waals surface area contributed by atoms with Crippen molar-refractivity contribution in [2.24, 2.45) is 5.92 Å². The average Bonchev–Trinajstić information content (AvgIpc) is 2.44. The molecule has 4 nitrogen and oxygen atoms in total. The second-order valence-corrected chi connectivity index (χ2v) is 5.76. The van der Waals surface area contributed by atoms with Crippen LogP contribution in [-0.4, -0.2) is 23.9 Å². The molecule has 0 aliphatic carbocycles. The SMILES string of the molecule is CCC(C)C1NC(=O)C(C)N(c2ccc(F)cc2Cl)C1=O. The van der Waals surface area contributed by atoms with Gasteiger partial charge >= 0.3 is 0 Å². The molecule has 3 unspecified atom stereocenters. The largest absolute Gasteiger partial charge is 0.342 e. The number of nitrogens with zero attached hydrogens (tertiary/aromatic N) is 1. The van der Waals surface area contributed by atoms with E-state index >= 15 is 0 Å². The molecule has 0 aromatic heterocycles. The maximum Gasteiger partial charge on any atom is 0.250 e. The van der Waals surface area contributed by atoms with Gasteiger partial charge in [-0.2, -0.15) is 0 Å². The van der Waals surface area contributed by atoms with Crippen molar-refractivity contribution in [1.29, 1.82) is 0 Å². The molecule has 1 N–H and O–H groups in total. The van der Waals surface area contributed by atoms with E-state index in [1.54, 1.807) is 6.92 Å². The minimum Gasteiger partial charge on any atom is -0.342 e. The summed E-state index contributed by atoms with van der Waals surface area (Å²) >= 11 is 6.04. The van der Waals surface area contributed by atoms with Gasteiger partial charge in [0, 0.05) is 0 Å². The van der Waals surface area contributed by atoms with Gasteiger partial charge in [-0.3, -0.25) is 14.5 Å². The zero-order valence-corrected chi connectivity index (χ0v) is 12.9. The molecule has 0 saturated carbocycles. The first-order chi connectivity index (χ1) is 9.86. The third-order valence-electron chi connectivity index (χ3n) is 3.95. The molecule has 1 aliphatic heterocycles. The average molecular weight is 313 g/mol. The summed E-state index contributed by atoms with van der Waals surface area (Å²) in [5.74, 6) is -0.926. The van der Waals surface area contributed by atoms with Crippen LogP contribution >= 0.6 is 11.6 Å². The lowest BCUT2D eigenvalue weighted by Crippen LogP contribution is -2.64. The Bertz CT molecular complexity index is 579. The highest BCUT2D eigenvalue weighted by Gasteiger charge is 2.41. The monoisotopic (exact) mass is 312 g/mol. The lowest BCUT2D eigenvalue weighted by Gasteiger charge is -2.39. The van der Waals surface area contributed by atoms with Crippen molar-refractivity contribution < 1.29 is 14.0 Å². The molecule has 1 fully saturated rings. The number of anilines is 1. The zero-order valence-electron chi connectivity index (χ0n) is 12.2. The quantitative estimate of drug-likeness (QED) is 0.933. The standard InChI is InChI=1S/C15H18ClFN2O2/c1-4-8(2)13-15(21)19(9(3)14(20)18-13)12-6-5-10(17)7-11(12)16/h5-9,13H,4H2,1-3H3,(H,18,20). The molecule has 1 aromatic carbocycles. The number of carbonyl (C=O) groups is 2. The number of amides is 2. The van der Waals surface area contributed by atoms with Crippen molar-refractivity contribution in [3.05, 3.63) is 29.0 Å². The number of carbonyl (C=O) groups excluding carboxylic acids is 2. The fraction of sp³-hybridized carbons (Fsp3) is 0.467. The predicted octanol–water partition coefficient (Wildman–Crippen LogP) is 2.75. The number of rotatable bonds is 3. The number of hydrogen-bond acceptors (Lipinski definition) is 2. The molecule has 0 spiro atoms. The van der Waals surface area contributed by atoms with Gasteiger partial charge in [0.15, 0.2) is 0 Å². The van der Waals surface area contributed by atoms with Crippen LogP contribution in [0.2, 0.25) is 5.02 Å². The van der Waals surface area contributed by atoms with E-state index in [1.807, 2.05) is 13.8 Å². The van der Waals surface area contributed by atoms with Crippen LogP contribution < -0.4 is 10.2 Å². The van der Waals surface area contributed by atoms with E-state index in [4.69, 9.17) is 11.6 Å². The Morgan fingerprint density at radius 2 is 2.10 bits per heavy atom. The zero-order chi connectivity index (χ0) is 15.7. The van der Waals surface area contributed by atoms with Crippen molar-refractivity contribution in [3.8, 4) is 0 Å². The molecule has 1 aliphatic rings. The molecule has 1 saturated heterocycles. The second-order valence-electron chi connectivity index (χ2n) is 5.35. The summed E-state index contributed by atoms with van der Waals surface area (Å²) in [5.41, 5.74) is 0.360. The summed E-state index contributed by atoms with van der Waals surface area (Å²) in [4.78, 5) is 26.1. The van der Waals surface area contributed by atoms with Crippen LogP contribution in [0.1, 0.15) is 27.2 Å². The number of hydrogen-bond donors (Lipinski definition) is 1. The topological polar surface area (TPSA) is 49.4 Å². The van der Waals surface area contributed by atoms with Crippen LogP contribution in [0.4, 0.5) is 10.1 Å². The van der Waals surface area contributed by atoms with E-state index in [1.165, 1.54) is 17.0 Å². The van der Waals surface area contributed by atoms with Crippen LogP contribution in [-0.2, 0) is 9.59 Å². The van der Waals surface area contributed by atoms with Crippen molar-refractivity contribution in [3.63, 3.8) is 0 Å². The van der Waals surface area contributed by atoms with E-state index in [0.717, 1.165) is 12.5 Å². The van der Waals surface area contributed by atoms with E-state index in [-0.39, 0.29) is 22.8 Å². The first kappa shape index (κ1) is 15.8. The summed E-state index contributed by atoms with van der Waals surface area (Å²) in [7, 11) is 0. The third kappa shape index (κ3) is 2.88. The summed E-state index contributed by atoms with van der Waals surface area (Å²) in [6.07, 6.45) is 0.760. The highest BCUT2D eigenvalue weighted by atomic mass is 35.5. The highest BCUT2D eigenvalue weighted by molar-refractivity contribution is 6.34. The van der Waals surface area contributed by atoms with Gasteiger partial charge in [-0.05, 0) is 31.0 Å². The maximum atomic E-state index is 13.2. The van der Waals surface area contributed by atoms with Gasteiger partial charge in [0.1, 0.15) is 17.9 Å². The summed E-state index contributed by atoms with van der Waals surface area (Å²) in [6, 6.07) is 2.53. The molecule has 114 valence electrons. The molecule has 0 bridgehead atoms. The Morgan fingerprint density at radius 1 is 1.43 bits per heavy atom. The molecule has 2 amide bonds. The van der Waals surface area contributed by atoms with Crippen molar-refractivity contribution >= 4 is 29.1 Å². The molecule has 21 heavy (non-hydrogen) atoms. The smallest absolute Gasteiger partial charge is 0.250 e. The fourth-order valence-corrected chi connectivity index (χ4v) is 2.68. The maximum absolute atomic E-state index is 13.2. The third-order valence-corrected chi connectivity index (χ3v) is 4.25. The van der Waals surface area contributed by atoms with E-state index in [9.17, 15) is 14.0 Å². The number of halogens is 2. The molecular weight excluding hydrogens is 295 g/mol. The Hall–Kier alpha value is -1.62. The summed E-state index contributed by atoms with van der Waals surface area (Å²) in [5, 5.41) is 2.87. The van der Waals surface area contributed by atoms with Gasteiger partial charge in [0.25, 0.3) is 5.91 Å². The van der Waals surface area contributed by atoms with Crippen molar-refractivity contribution in [1.82, 2.24) is 5.32 Å². The van der Waals surface area contributed by atoms with Gasteiger partial charge < -0.3 is 5.32 Å².